The third-order valence-electron chi connectivity index (χ3n) is 3.59. The molecule has 3 aromatic rings. The van der Waals surface area contributed by atoms with Crippen molar-refractivity contribution in [2.24, 2.45) is 0 Å². The van der Waals surface area contributed by atoms with Crippen molar-refractivity contribution in [2.45, 2.75) is 11.3 Å². The topological polar surface area (TPSA) is 43.4 Å². The van der Waals surface area contributed by atoms with E-state index in [1.807, 2.05) is 42.5 Å². The summed E-state index contributed by atoms with van der Waals surface area (Å²) in [6.45, 7) is 0.117. The molecule has 0 aliphatic heterocycles. The Morgan fingerprint density at radius 1 is 0.870 bits per heavy atom. The van der Waals surface area contributed by atoms with E-state index in [0.717, 1.165) is 20.8 Å². The molecule has 0 radical (unpaired) electrons. The van der Waals surface area contributed by atoms with Gasteiger partial charge in [0.1, 0.15) is 0 Å². The molecule has 0 aliphatic rings. The lowest BCUT2D eigenvalue weighted by molar-refractivity contribution is 0.322. The van der Waals surface area contributed by atoms with Gasteiger partial charge >= 0.3 is 0 Å². The minimum Gasteiger partial charge on any atom is -0.266 e. The Hall–Kier alpha value is -1.69. The molecule has 0 atom stereocenters. The van der Waals surface area contributed by atoms with Crippen LogP contribution in [0, 0.1) is 0 Å². The molecule has 5 heteroatoms. The molecule has 0 fully saturated rings. The monoisotopic (exact) mass is 390 g/mol. The molecule has 0 spiro atoms. The third kappa shape index (κ3) is 3.80. The molecule has 0 unspecified atom stereocenters. The van der Waals surface area contributed by atoms with Crippen LogP contribution < -0.4 is 0 Å². The summed E-state index contributed by atoms with van der Waals surface area (Å²) < 4.78 is 30.3. The third-order valence-corrected chi connectivity index (χ3v) is 5.45. The summed E-state index contributed by atoms with van der Waals surface area (Å²) in [5, 5.41) is 2.26. The highest BCUT2D eigenvalue weighted by Crippen LogP contribution is 2.20. The highest BCUT2D eigenvalue weighted by molar-refractivity contribution is 9.10. The van der Waals surface area contributed by atoms with Crippen molar-refractivity contribution in [2.75, 3.05) is 6.61 Å². The largest absolute Gasteiger partial charge is 0.296 e. The van der Waals surface area contributed by atoms with E-state index in [2.05, 4.69) is 15.9 Å². The molecule has 3 aromatic carbocycles. The minimum atomic E-state index is -3.72. The molecule has 0 heterocycles. The van der Waals surface area contributed by atoms with Crippen molar-refractivity contribution in [1.29, 1.82) is 0 Å². The first-order valence-electron chi connectivity index (χ1n) is 7.18. The number of hydrogen-bond acceptors (Lipinski definition) is 3. The Morgan fingerprint density at radius 2 is 1.57 bits per heavy atom. The van der Waals surface area contributed by atoms with E-state index in [1.54, 1.807) is 12.1 Å². The Balaban J connectivity index is 1.72. The van der Waals surface area contributed by atoms with E-state index >= 15 is 0 Å². The smallest absolute Gasteiger partial charge is 0.266 e. The molecule has 118 valence electrons. The molecule has 0 aliphatic carbocycles. The predicted molar refractivity (Wildman–Crippen MR) is 94.9 cm³/mol. The first-order chi connectivity index (χ1) is 11.1. The number of halogens is 1. The summed E-state index contributed by atoms with van der Waals surface area (Å²) in [7, 11) is -3.72. The van der Waals surface area contributed by atoms with Crippen LogP contribution in [0.4, 0.5) is 0 Å². The van der Waals surface area contributed by atoms with Crippen LogP contribution in [-0.2, 0) is 20.7 Å². The molecular formula is C18H15BrO3S. The number of benzene rings is 3. The fraction of sp³-hybridized carbons (Fsp3) is 0.111. The minimum absolute atomic E-state index is 0.117. The van der Waals surface area contributed by atoms with Gasteiger partial charge in [-0.1, -0.05) is 58.4 Å². The Labute approximate surface area is 144 Å². The maximum atomic E-state index is 12.2. The summed E-state index contributed by atoms with van der Waals surface area (Å²) in [5.41, 5.74) is 1.08. The SMILES string of the molecule is O=S(=O)(OCCc1cccc2ccccc12)c1ccc(Br)cc1. The van der Waals surface area contributed by atoms with Crippen LogP contribution >= 0.6 is 15.9 Å². The molecule has 23 heavy (non-hydrogen) atoms. The molecule has 0 saturated carbocycles. The zero-order valence-corrected chi connectivity index (χ0v) is 14.7. The molecular weight excluding hydrogens is 376 g/mol. The second-order valence-corrected chi connectivity index (χ2v) is 7.65. The van der Waals surface area contributed by atoms with Gasteiger partial charge in [0.05, 0.1) is 11.5 Å². The van der Waals surface area contributed by atoms with Gasteiger partial charge in [-0.2, -0.15) is 8.42 Å². The van der Waals surface area contributed by atoms with E-state index < -0.39 is 10.1 Å². The summed E-state index contributed by atoms with van der Waals surface area (Å²) in [6.07, 6.45) is 0.539. The number of fused-ring (bicyclic) bond motifs is 1. The highest BCUT2D eigenvalue weighted by Gasteiger charge is 2.14. The Bertz CT molecular complexity index is 913. The van der Waals surface area contributed by atoms with E-state index in [0.29, 0.717) is 6.42 Å². The Kier molecular flexibility index (Phi) is 4.80. The fourth-order valence-electron chi connectivity index (χ4n) is 2.44. The second-order valence-electron chi connectivity index (χ2n) is 5.12. The molecule has 0 N–H and O–H groups in total. The van der Waals surface area contributed by atoms with E-state index in [9.17, 15) is 8.42 Å². The summed E-state index contributed by atoms with van der Waals surface area (Å²) in [4.78, 5) is 0.165. The van der Waals surface area contributed by atoms with Gasteiger partial charge in [0.15, 0.2) is 0 Å². The highest BCUT2D eigenvalue weighted by atomic mass is 79.9. The van der Waals surface area contributed by atoms with E-state index in [-0.39, 0.29) is 11.5 Å². The zero-order valence-electron chi connectivity index (χ0n) is 12.3. The Morgan fingerprint density at radius 3 is 2.35 bits per heavy atom. The first kappa shape index (κ1) is 16.2. The van der Waals surface area contributed by atoms with Crippen molar-refractivity contribution in [3.63, 3.8) is 0 Å². The van der Waals surface area contributed by atoms with Crippen LogP contribution in [0.5, 0.6) is 0 Å². The summed E-state index contributed by atoms with van der Waals surface area (Å²) >= 11 is 3.28. The number of rotatable bonds is 5. The quantitative estimate of drug-likeness (QED) is 0.600. The number of hydrogen-bond donors (Lipinski definition) is 0. The zero-order chi connectivity index (χ0) is 16.3. The van der Waals surface area contributed by atoms with Crippen molar-refractivity contribution < 1.29 is 12.6 Å². The molecule has 3 rings (SSSR count). The average Bonchev–Trinajstić information content (AvgIpc) is 2.55. The van der Waals surface area contributed by atoms with Gasteiger partial charge in [-0.25, -0.2) is 0 Å². The van der Waals surface area contributed by atoms with Crippen molar-refractivity contribution in [3.05, 3.63) is 76.8 Å². The van der Waals surface area contributed by atoms with Gasteiger partial charge in [0.2, 0.25) is 0 Å². The summed E-state index contributed by atoms with van der Waals surface area (Å²) in [6, 6.07) is 20.5. The van der Waals surface area contributed by atoms with Crippen LogP contribution in [0.25, 0.3) is 10.8 Å². The maximum Gasteiger partial charge on any atom is 0.296 e. The van der Waals surface area contributed by atoms with Crippen LogP contribution in [-0.4, -0.2) is 15.0 Å². The van der Waals surface area contributed by atoms with Gasteiger partial charge in [0.25, 0.3) is 10.1 Å². The van der Waals surface area contributed by atoms with Gasteiger partial charge in [-0.05, 0) is 47.0 Å². The van der Waals surface area contributed by atoms with Crippen molar-refractivity contribution in [1.82, 2.24) is 0 Å². The standard InChI is InChI=1S/C18H15BrO3S/c19-16-8-10-17(11-9-16)23(20,21)22-13-12-15-6-3-5-14-4-1-2-7-18(14)15/h1-11H,12-13H2. The van der Waals surface area contributed by atoms with Gasteiger partial charge in [-0.3, -0.25) is 4.18 Å². The lowest BCUT2D eigenvalue weighted by Crippen LogP contribution is -2.09. The summed E-state index contributed by atoms with van der Waals surface area (Å²) in [5.74, 6) is 0. The molecule has 0 amide bonds. The normalized spacial score (nSPS) is 11.7. The van der Waals surface area contributed by atoms with Crippen molar-refractivity contribution >= 4 is 36.8 Å². The van der Waals surface area contributed by atoms with Crippen LogP contribution in [0.2, 0.25) is 0 Å². The van der Waals surface area contributed by atoms with Crippen LogP contribution in [0.1, 0.15) is 5.56 Å². The molecule has 0 saturated heterocycles. The van der Waals surface area contributed by atoms with E-state index in [1.165, 1.54) is 12.1 Å². The van der Waals surface area contributed by atoms with Gasteiger partial charge < -0.3 is 0 Å². The maximum absolute atomic E-state index is 12.2. The fourth-order valence-corrected chi connectivity index (χ4v) is 3.61. The van der Waals surface area contributed by atoms with Crippen LogP contribution in [0.3, 0.4) is 0 Å². The lowest BCUT2D eigenvalue weighted by Gasteiger charge is -2.08. The molecule has 0 aromatic heterocycles. The molecule has 0 bridgehead atoms. The van der Waals surface area contributed by atoms with Gasteiger partial charge in [-0.15, -0.1) is 0 Å². The van der Waals surface area contributed by atoms with Gasteiger partial charge in [0, 0.05) is 4.47 Å². The second kappa shape index (κ2) is 6.83. The predicted octanol–water partition coefficient (Wildman–Crippen LogP) is 4.55. The first-order valence-corrected chi connectivity index (χ1v) is 9.38. The van der Waals surface area contributed by atoms with Crippen molar-refractivity contribution in [3.8, 4) is 0 Å². The average molecular weight is 391 g/mol. The van der Waals surface area contributed by atoms with Crippen LogP contribution in [0.15, 0.2) is 76.1 Å². The van der Waals surface area contributed by atoms with E-state index in [4.69, 9.17) is 4.18 Å². The lowest BCUT2D eigenvalue weighted by atomic mass is 10.0. The molecule has 3 nitrogen and oxygen atoms in total.